The summed E-state index contributed by atoms with van der Waals surface area (Å²) in [6, 6.07) is 7.83. The van der Waals surface area contributed by atoms with Gasteiger partial charge in [0.15, 0.2) is 0 Å². The minimum absolute atomic E-state index is 0.150. The zero-order valence-electron chi connectivity index (χ0n) is 12.8. The number of fused-ring (bicyclic) bond motifs is 1. The monoisotopic (exact) mass is 305 g/mol. The highest BCUT2D eigenvalue weighted by atomic mass is 16.1. The fourth-order valence-electron chi connectivity index (χ4n) is 2.79. The molecule has 0 spiro atoms. The van der Waals surface area contributed by atoms with Gasteiger partial charge in [0.05, 0.1) is 23.0 Å². The molecular formula is C17H15N5O. The summed E-state index contributed by atoms with van der Waals surface area (Å²) in [5, 5.41) is 5.16. The minimum atomic E-state index is -0.150. The molecule has 4 aromatic rings. The van der Waals surface area contributed by atoms with Crippen molar-refractivity contribution >= 4 is 10.9 Å². The molecule has 0 saturated carbocycles. The fourth-order valence-corrected chi connectivity index (χ4v) is 2.79. The van der Waals surface area contributed by atoms with E-state index in [0.29, 0.717) is 11.4 Å². The molecule has 1 aromatic carbocycles. The number of pyridine rings is 1. The molecular weight excluding hydrogens is 290 g/mol. The van der Waals surface area contributed by atoms with Gasteiger partial charge in [0, 0.05) is 25.6 Å². The van der Waals surface area contributed by atoms with Crippen molar-refractivity contribution in [3.63, 3.8) is 0 Å². The van der Waals surface area contributed by atoms with Crippen LogP contribution in [-0.2, 0) is 7.05 Å². The lowest BCUT2D eigenvalue weighted by Gasteiger charge is -2.07. The summed E-state index contributed by atoms with van der Waals surface area (Å²) in [6.07, 6.45) is 7.13. The number of para-hydroxylation sites is 1. The number of aryl methyl sites for hydroxylation is 2. The highest BCUT2D eigenvalue weighted by Crippen LogP contribution is 2.22. The van der Waals surface area contributed by atoms with E-state index in [9.17, 15) is 4.79 Å². The Labute approximate surface area is 132 Å². The van der Waals surface area contributed by atoms with E-state index in [1.807, 2.05) is 55.2 Å². The Morgan fingerprint density at radius 1 is 1.26 bits per heavy atom. The molecule has 3 heterocycles. The lowest BCUT2D eigenvalue weighted by Crippen LogP contribution is -2.12. The molecule has 4 rings (SSSR count). The Bertz CT molecular complexity index is 1070. The maximum absolute atomic E-state index is 12.5. The van der Waals surface area contributed by atoms with Crippen molar-refractivity contribution in [2.45, 2.75) is 6.92 Å². The lowest BCUT2D eigenvalue weighted by atomic mass is 10.1. The van der Waals surface area contributed by atoms with E-state index in [4.69, 9.17) is 0 Å². The van der Waals surface area contributed by atoms with Crippen LogP contribution in [0.15, 0.2) is 53.8 Å². The zero-order valence-corrected chi connectivity index (χ0v) is 12.8. The molecule has 0 radical (unpaired) electrons. The molecule has 3 aromatic heterocycles. The van der Waals surface area contributed by atoms with Gasteiger partial charge in [-0.2, -0.15) is 5.10 Å². The molecule has 1 N–H and O–H groups in total. The van der Waals surface area contributed by atoms with Crippen LogP contribution in [0.4, 0.5) is 0 Å². The van der Waals surface area contributed by atoms with E-state index in [-0.39, 0.29) is 5.56 Å². The summed E-state index contributed by atoms with van der Waals surface area (Å²) in [6.45, 7) is 1.98. The number of nitrogens with zero attached hydrogens (tertiary/aromatic N) is 4. The maximum Gasteiger partial charge on any atom is 0.259 e. The maximum atomic E-state index is 12.5. The average Bonchev–Trinajstić information content (AvgIpc) is 3.16. The van der Waals surface area contributed by atoms with Crippen LogP contribution in [0.2, 0.25) is 0 Å². The van der Waals surface area contributed by atoms with Crippen molar-refractivity contribution < 1.29 is 0 Å². The Morgan fingerprint density at radius 2 is 2.13 bits per heavy atom. The molecule has 114 valence electrons. The van der Waals surface area contributed by atoms with Gasteiger partial charge >= 0.3 is 0 Å². The first kappa shape index (κ1) is 13.5. The number of rotatable bonds is 2. The third-order valence-corrected chi connectivity index (χ3v) is 3.94. The second kappa shape index (κ2) is 4.95. The van der Waals surface area contributed by atoms with Gasteiger partial charge in [0.2, 0.25) is 0 Å². The van der Waals surface area contributed by atoms with Crippen molar-refractivity contribution in [1.29, 1.82) is 0 Å². The largest absolute Gasteiger partial charge is 0.321 e. The third-order valence-electron chi connectivity index (χ3n) is 3.94. The topological polar surface area (TPSA) is 68.5 Å². The molecule has 0 aliphatic heterocycles. The van der Waals surface area contributed by atoms with Crippen LogP contribution in [0.3, 0.4) is 0 Å². The molecule has 6 nitrogen and oxygen atoms in total. The summed E-state index contributed by atoms with van der Waals surface area (Å²) in [5.41, 5.74) is 3.16. The van der Waals surface area contributed by atoms with E-state index in [2.05, 4.69) is 15.1 Å². The van der Waals surface area contributed by atoms with Crippen molar-refractivity contribution in [2.24, 2.45) is 7.05 Å². The van der Waals surface area contributed by atoms with Gasteiger partial charge in [-0.25, -0.2) is 4.98 Å². The van der Waals surface area contributed by atoms with E-state index in [1.54, 1.807) is 17.1 Å². The summed E-state index contributed by atoms with van der Waals surface area (Å²) in [4.78, 5) is 19.9. The number of aromatic amines is 1. The Balaban J connectivity index is 1.96. The highest BCUT2D eigenvalue weighted by Gasteiger charge is 2.14. The molecule has 0 unspecified atom stereocenters. The minimum Gasteiger partial charge on any atom is -0.321 e. The number of hydrogen-bond acceptors (Lipinski definition) is 3. The number of aromatic nitrogens is 5. The number of nitrogens with one attached hydrogen (secondary N) is 1. The van der Waals surface area contributed by atoms with Crippen LogP contribution >= 0.6 is 0 Å². The predicted octanol–water partition coefficient (Wildman–Crippen LogP) is 2.42. The van der Waals surface area contributed by atoms with Gasteiger partial charge in [-0.05, 0) is 23.9 Å². The normalized spacial score (nSPS) is 11.2. The van der Waals surface area contributed by atoms with Crippen LogP contribution in [0.25, 0.3) is 28.0 Å². The summed E-state index contributed by atoms with van der Waals surface area (Å²) >= 11 is 0. The van der Waals surface area contributed by atoms with Crippen molar-refractivity contribution in [3.05, 3.63) is 65.0 Å². The van der Waals surface area contributed by atoms with Crippen LogP contribution in [0.5, 0.6) is 0 Å². The number of hydrogen-bond donors (Lipinski definition) is 1. The van der Waals surface area contributed by atoms with E-state index < -0.39 is 0 Å². The lowest BCUT2D eigenvalue weighted by molar-refractivity contribution is 0.767. The first-order chi connectivity index (χ1) is 11.1. The fraction of sp³-hybridized carbons (Fsp3) is 0.118. The summed E-state index contributed by atoms with van der Waals surface area (Å²) in [7, 11) is 1.85. The molecule has 0 aliphatic carbocycles. The van der Waals surface area contributed by atoms with Crippen LogP contribution in [0.1, 0.15) is 5.56 Å². The SMILES string of the molecule is Cc1cccc2cc(-c3nccn3-c3cnn(C)c3)c(=O)[nH]c12. The van der Waals surface area contributed by atoms with Crippen molar-refractivity contribution in [3.8, 4) is 17.1 Å². The number of imidazole rings is 1. The molecule has 0 atom stereocenters. The standard InChI is InChI=1S/C17H15N5O/c1-11-4-3-5-12-8-14(17(23)20-15(11)12)16-18-6-7-22(16)13-9-19-21(2)10-13/h3-10H,1-2H3,(H,20,23). The van der Waals surface area contributed by atoms with E-state index >= 15 is 0 Å². The quantitative estimate of drug-likeness (QED) is 0.618. The number of H-pyrrole nitrogens is 1. The molecule has 23 heavy (non-hydrogen) atoms. The van der Waals surface area contributed by atoms with Gasteiger partial charge in [-0.3, -0.25) is 14.0 Å². The second-order valence-electron chi connectivity index (χ2n) is 5.54. The van der Waals surface area contributed by atoms with Crippen molar-refractivity contribution in [1.82, 2.24) is 24.3 Å². The third kappa shape index (κ3) is 2.15. The molecule has 0 saturated heterocycles. The molecule has 6 heteroatoms. The van der Waals surface area contributed by atoms with Gasteiger partial charge in [-0.15, -0.1) is 0 Å². The van der Waals surface area contributed by atoms with Crippen LogP contribution < -0.4 is 5.56 Å². The second-order valence-corrected chi connectivity index (χ2v) is 5.54. The molecule has 0 amide bonds. The Kier molecular flexibility index (Phi) is 2.90. The number of benzene rings is 1. The predicted molar refractivity (Wildman–Crippen MR) is 88.6 cm³/mol. The van der Waals surface area contributed by atoms with Gasteiger partial charge in [0.25, 0.3) is 5.56 Å². The van der Waals surface area contributed by atoms with Crippen molar-refractivity contribution in [2.75, 3.05) is 0 Å². The molecule has 0 aliphatic rings. The Morgan fingerprint density at radius 3 is 2.91 bits per heavy atom. The summed E-state index contributed by atoms with van der Waals surface area (Å²) < 4.78 is 3.58. The first-order valence-electron chi connectivity index (χ1n) is 7.29. The van der Waals surface area contributed by atoms with E-state index in [1.165, 1.54) is 0 Å². The molecule has 0 fully saturated rings. The van der Waals surface area contributed by atoms with Gasteiger partial charge in [-0.1, -0.05) is 18.2 Å². The zero-order chi connectivity index (χ0) is 16.0. The summed E-state index contributed by atoms with van der Waals surface area (Å²) in [5.74, 6) is 0.600. The highest BCUT2D eigenvalue weighted by molar-refractivity contribution is 5.85. The average molecular weight is 305 g/mol. The molecule has 0 bridgehead atoms. The van der Waals surface area contributed by atoms with Gasteiger partial charge in [0.1, 0.15) is 5.82 Å². The van der Waals surface area contributed by atoms with Gasteiger partial charge < -0.3 is 4.98 Å². The van der Waals surface area contributed by atoms with Crippen LogP contribution in [0, 0.1) is 6.92 Å². The smallest absolute Gasteiger partial charge is 0.259 e. The van der Waals surface area contributed by atoms with E-state index in [0.717, 1.165) is 22.2 Å². The first-order valence-corrected chi connectivity index (χ1v) is 7.29. The Hall–Kier alpha value is -3.15. The van der Waals surface area contributed by atoms with Crippen LogP contribution in [-0.4, -0.2) is 24.3 Å².